The first-order valence-corrected chi connectivity index (χ1v) is 31.1. The number of allylic oxidation sites excluding steroid dienone is 24. The third-order valence-corrected chi connectivity index (χ3v) is 12.8. The molecule has 0 aromatic heterocycles. The normalized spacial score (nSPS) is 14.3. The average Bonchev–Trinajstić information content (AvgIpc) is 3.38. The third kappa shape index (κ3) is 59.1. The van der Waals surface area contributed by atoms with Gasteiger partial charge in [0, 0.05) is 12.8 Å². The maximum atomic E-state index is 12.8. The van der Waals surface area contributed by atoms with E-state index in [9.17, 15) is 19.0 Å². The summed E-state index contributed by atoms with van der Waals surface area (Å²) < 4.78 is 34.5. The SMILES string of the molecule is CC/C=C\C/C=C\C/C=C\C/C=C\C/C=C\C/C=C\C/C=C\CCCCCCCCCCCCCCCC(=O)OC(COC(=O)CCC/C=C\C/C=C\C/C=C\C/C=C\C/C=C\CC)COP(=O)(O)OCC[N+](C)(C)C. The Labute approximate surface area is 465 Å². The van der Waals surface area contributed by atoms with Crippen LogP contribution in [0.4, 0.5) is 0 Å². The zero-order valence-electron chi connectivity index (χ0n) is 48.7. The quantitative estimate of drug-likeness (QED) is 0.0211. The molecule has 0 aliphatic rings. The van der Waals surface area contributed by atoms with Gasteiger partial charge in [-0.05, 0) is 109 Å². The molecule has 1 N–H and O–H groups in total. The monoisotopic (exact) mass is 1070 g/mol. The molecule has 76 heavy (non-hydrogen) atoms. The van der Waals surface area contributed by atoms with Gasteiger partial charge in [-0.15, -0.1) is 0 Å². The molecule has 0 aromatic rings. The summed E-state index contributed by atoms with van der Waals surface area (Å²) in [4.78, 5) is 35.6. The predicted molar refractivity (Wildman–Crippen MR) is 325 cm³/mol. The van der Waals surface area contributed by atoms with Crippen molar-refractivity contribution in [2.45, 2.75) is 213 Å². The highest BCUT2D eigenvalue weighted by Gasteiger charge is 2.27. The van der Waals surface area contributed by atoms with Crippen molar-refractivity contribution in [1.82, 2.24) is 0 Å². The molecule has 0 bridgehead atoms. The summed E-state index contributed by atoms with van der Waals surface area (Å²) in [5.74, 6) is -0.877. The van der Waals surface area contributed by atoms with Gasteiger partial charge in [0.1, 0.15) is 19.8 Å². The third-order valence-electron chi connectivity index (χ3n) is 11.9. The van der Waals surface area contributed by atoms with E-state index >= 15 is 0 Å². The fourth-order valence-corrected chi connectivity index (χ4v) is 8.12. The number of rotatable bonds is 52. The number of phosphoric ester groups is 1. The van der Waals surface area contributed by atoms with E-state index in [1.807, 2.05) is 21.1 Å². The molecule has 10 heteroatoms. The maximum Gasteiger partial charge on any atom is 0.472 e. The summed E-state index contributed by atoms with van der Waals surface area (Å²) in [5.41, 5.74) is 0. The fourth-order valence-electron chi connectivity index (χ4n) is 7.38. The van der Waals surface area contributed by atoms with Crippen LogP contribution in [0.15, 0.2) is 146 Å². The molecule has 0 aliphatic carbocycles. The van der Waals surface area contributed by atoms with Crippen LogP contribution in [0.3, 0.4) is 0 Å². The number of nitrogens with zero attached hydrogens (tertiary/aromatic N) is 1. The zero-order valence-corrected chi connectivity index (χ0v) is 49.6. The number of likely N-dealkylation sites (N-methyl/N-ethyl adjacent to an activating group) is 1. The van der Waals surface area contributed by atoms with E-state index in [0.717, 1.165) is 103 Å². The Kier molecular flexibility index (Phi) is 52.6. The topological polar surface area (TPSA) is 108 Å². The van der Waals surface area contributed by atoms with Crippen molar-refractivity contribution in [2.75, 3.05) is 47.5 Å². The molecule has 2 atom stereocenters. The van der Waals surface area contributed by atoms with Crippen molar-refractivity contribution >= 4 is 19.8 Å². The number of hydrogen-bond acceptors (Lipinski definition) is 7. The molecule has 0 saturated carbocycles. The Morgan fingerprint density at radius 2 is 0.724 bits per heavy atom. The first kappa shape index (κ1) is 71.9. The Morgan fingerprint density at radius 1 is 0.408 bits per heavy atom. The smallest absolute Gasteiger partial charge is 0.462 e. The Hall–Kier alpha value is -4.11. The van der Waals surface area contributed by atoms with Crippen LogP contribution in [0, 0.1) is 0 Å². The minimum Gasteiger partial charge on any atom is -0.462 e. The highest BCUT2D eigenvalue weighted by molar-refractivity contribution is 7.47. The summed E-state index contributed by atoms with van der Waals surface area (Å²) >= 11 is 0. The van der Waals surface area contributed by atoms with E-state index in [1.54, 1.807) is 0 Å². The van der Waals surface area contributed by atoms with E-state index in [1.165, 1.54) is 64.2 Å². The van der Waals surface area contributed by atoms with Crippen molar-refractivity contribution in [1.29, 1.82) is 0 Å². The van der Waals surface area contributed by atoms with Crippen molar-refractivity contribution in [3.8, 4) is 0 Å². The number of carbonyl (C=O) groups excluding carboxylic acids is 2. The van der Waals surface area contributed by atoms with Crippen LogP contribution in [0.25, 0.3) is 0 Å². The minimum absolute atomic E-state index is 0.0153. The van der Waals surface area contributed by atoms with Crippen LogP contribution in [-0.2, 0) is 32.7 Å². The second-order valence-electron chi connectivity index (χ2n) is 20.3. The number of phosphoric acid groups is 1. The number of ether oxygens (including phenoxy) is 2. The lowest BCUT2D eigenvalue weighted by Gasteiger charge is -2.24. The van der Waals surface area contributed by atoms with Crippen LogP contribution in [0.2, 0.25) is 0 Å². The largest absolute Gasteiger partial charge is 0.472 e. The van der Waals surface area contributed by atoms with Crippen molar-refractivity contribution < 1.29 is 42.1 Å². The number of esters is 2. The molecule has 0 aliphatic heterocycles. The summed E-state index contributed by atoms with van der Waals surface area (Å²) in [6.07, 6.45) is 82.2. The van der Waals surface area contributed by atoms with Gasteiger partial charge in [0.05, 0.1) is 27.7 Å². The first-order chi connectivity index (χ1) is 37.0. The second kappa shape index (κ2) is 55.6. The molecule has 430 valence electrons. The lowest BCUT2D eigenvalue weighted by Crippen LogP contribution is -2.37. The van der Waals surface area contributed by atoms with Gasteiger partial charge in [0.25, 0.3) is 0 Å². The summed E-state index contributed by atoms with van der Waals surface area (Å²) in [6.45, 7) is 4.12. The molecule has 0 fully saturated rings. The van der Waals surface area contributed by atoms with Crippen LogP contribution < -0.4 is 0 Å². The van der Waals surface area contributed by atoms with Crippen LogP contribution in [0.1, 0.15) is 206 Å². The van der Waals surface area contributed by atoms with Crippen molar-refractivity contribution in [2.24, 2.45) is 0 Å². The number of quaternary nitrogens is 1. The van der Waals surface area contributed by atoms with Crippen molar-refractivity contribution in [3.63, 3.8) is 0 Å². The highest BCUT2D eigenvalue weighted by Crippen LogP contribution is 2.43. The Balaban J connectivity index is 4.17. The average molecular weight is 1080 g/mol. The molecule has 0 rings (SSSR count). The van der Waals surface area contributed by atoms with Gasteiger partial charge in [0.2, 0.25) is 0 Å². The van der Waals surface area contributed by atoms with E-state index in [2.05, 4.69) is 160 Å². The molecular formula is C66H109NO8P+. The standard InChI is InChI=1S/C66H108NO8P/c1-6-8-10-12-14-16-18-20-22-24-25-26-27-28-29-30-31-32-33-34-35-36-37-38-39-40-41-43-45-47-49-51-53-55-57-59-66(69)75-64(63-74-76(70,71)73-61-60-67(3,4)5)62-72-65(68)58-56-54-52-50-48-46-44-42-23-21-19-17-15-13-11-9-7-2/h8-11,14-17,20-23,25-26,28-29,31-32,34-35,44,46,50,52,64H,6-7,12-13,18-19,24,27,30,33,36-43,45,47-49,51,53-63H2,1-5H3/p+1/b10-8-,11-9-,16-14-,17-15-,22-20-,23-21-,26-25-,29-28-,32-31-,35-34-,46-44-,52-50-. The highest BCUT2D eigenvalue weighted by atomic mass is 31.2. The van der Waals surface area contributed by atoms with Gasteiger partial charge in [-0.1, -0.05) is 230 Å². The number of hydrogen-bond donors (Lipinski definition) is 1. The molecule has 0 aromatic carbocycles. The number of carbonyl (C=O) groups is 2. The molecule has 0 heterocycles. The first-order valence-electron chi connectivity index (χ1n) is 29.6. The van der Waals surface area contributed by atoms with E-state index < -0.39 is 32.5 Å². The molecule has 0 radical (unpaired) electrons. The van der Waals surface area contributed by atoms with E-state index in [-0.39, 0.29) is 26.1 Å². The molecule has 0 amide bonds. The predicted octanol–water partition coefficient (Wildman–Crippen LogP) is 18.7. The zero-order chi connectivity index (χ0) is 55.6. The van der Waals surface area contributed by atoms with E-state index in [0.29, 0.717) is 23.9 Å². The van der Waals surface area contributed by atoms with Gasteiger partial charge in [-0.3, -0.25) is 18.6 Å². The summed E-state index contributed by atoms with van der Waals surface area (Å²) in [5, 5.41) is 0. The second-order valence-corrected chi connectivity index (χ2v) is 21.7. The van der Waals surface area contributed by atoms with Gasteiger partial charge >= 0.3 is 19.8 Å². The molecule has 9 nitrogen and oxygen atoms in total. The van der Waals surface area contributed by atoms with Crippen LogP contribution in [0.5, 0.6) is 0 Å². The van der Waals surface area contributed by atoms with Crippen LogP contribution in [-0.4, -0.2) is 74.9 Å². The molecule has 0 saturated heterocycles. The van der Waals surface area contributed by atoms with E-state index in [4.69, 9.17) is 18.5 Å². The minimum atomic E-state index is -4.41. The van der Waals surface area contributed by atoms with Gasteiger partial charge < -0.3 is 18.9 Å². The Morgan fingerprint density at radius 3 is 1.09 bits per heavy atom. The summed E-state index contributed by atoms with van der Waals surface area (Å²) in [7, 11) is 1.43. The van der Waals surface area contributed by atoms with Gasteiger partial charge in [0.15, 0.2) is 6.10 Å². The Bertz CT molecular complexity index is 1790. The lowest BCUT2D eigenvalue weighted by atomic mass is 10.0. The molecule has 0 spiro atoms. The summed E-state index contributed by atoms with van der Waals surface area (Å²) in [6, 6.07) is 0. The number of unbranched alkanes of at least 4 members (excludes halogenated alkanes) is 14. The maximum absolute atomic E-state index is 12.8. The van der Waals surface area contributed by atoms with Gasteiger partial charge in [-0.2, -0.15) is 0 Å². The lowest BCUT2D eigenvalue weighted by molar-refractivity contribution is -0.870. The van der Waals surface area contributed by atoms with Crippen LogP contribution >= 0.6 is 7.82 Å². The molecular weight excluding hydrogens is 966 g/mol. The fraction of sp³-hybridized carbons (Fsp3) is 0.606. The van der Waals surface area contributed by atoms with Crippen molar-refractivity contribution in [3.05, 3.63) is 146 Å². The van der Waals surface area contributed by atoms with Gasteiger partial charge in [-0.25, -0.2) is 4.57 Å². The molecule has 2 unspecified atom stereocenters.